The van der Waals surface area contributed by atoms with E-state index in [1.54, 1.807) is 18.3 Å². The second kappa shape index (κ2) is 7.51. The molecule has 2 N–H and O–H groups in total. The summed E-state index contributed by atoms with van der Waals surface area (Å²) >= 11 is 1.75. The molecule has 1 atom stereocenters. The first-order chi connectivity index (χ1) is 13.1. The highest BCUT2D eigenvalue weighted by Gasteiger charge is 2.10. The minimum atomic E-state index is -0.765. The Morgan fingerprint density at radius 1 is 0.963 bits per heavy atom. The molecule has 0 radical (unpaired) electrons. The topological polar surface area (TPSA) is 49.3 Å². The molecule has 4 rings (SSSR count). The summed E-state index contributed by atoms with van der Waals surface area (Å²) < 4.78 is 1.25. The van der Waals surface area contributed by atoms with Gasteiger partial charge in [-0.15, -0.1) is 11.3 Å². The average Bonchev–Trinajstić information content (AvgIpc) is 3.09. The van der Waals surface area contributed by atoms with Crippen molar-refractivity contribution in [1.29, 1.82) is 0 Å². The quantitative estimate of drug-likeness (QED) is 0.466. The van der Waals surface area contributed by atoms with E-state index >= 15 is 0 Å². The van der Waals surface area contributed by atoms with Crippen molar-refractivity contribution in [3.63, 3.8) is 0 Å². The van der Waals surface area contributed by atoms with Gasteiger partial charge in [0.25, 0.3) is 0 Å². The van der Waals surface area contributed by atoms with Gasteiger partial charge in [0.05, 0.1) is 5.92 Å². The van der Waals surface area contributed by atoms with Gasteiger partial charge in [-0.05, 0) is 51.6 Å². The molecule has 3 aromatic carbocycles. The first-order valence-electron chi connectivity index (χ1n) is 9.05. The van der Waals surface area contributed by atoms with Gasteiger partial charge in [-0.1, -0.05) is 49.4 Å². The van der Waals surface area contributed by atoms with Crippen molar-refractivity contribution in [3.8, 4) is 11.1 Å². The molecule has 0 fully saturated rings. The smallest absolute Gasteiger partial charge is 0.307 e. The van der Waals surface area contributed by atoms with Crippen LogP contribution in [-0.2, 0) is 11.3 Å². The number of aliphatic carboxylic acids is 1. The second-order valence-corrected chi connectivity index (χ2v) is 8.07. The van der Waals surface area contributed by atoms with E-state index in [9.17, 15) is 4.79 Å². The number of rotatable bonds is 6. The van der Waals surface area contributed by atoms with Crippen molar-refractivity contribution in [1.82, 2.24) is 5.32 Å². The Labute approximate surface area is 162 Å². The van der Waals surface area contributed by atoms with Crippen LogP contribution >= 0.6 is 11.3 Å². The van der Waals surface area contributed by atoms with Crippen molar-refractivity contribution in [2.24, 2.45) is 5.92 Å². The number of benzene rings is 3. The summed E-state index contributed by atoms with van der Waals surface area (Å²) in [4.78, 5) is 12.1. The van der Waals surface area contributed by atoms with Crippen molar-refractivity contribution < 1.29 is 9.90 Å². The third-order valence-corrected chi connectivity index (χ3v) is 5.94. The van der Waals surface area contributed by atoms with Gasteiger partial charge in [0.15, 0.2) is 0 Å². The Morgan fingerprint density at radius 3 is 2.44 bits per heavy atom. The van der Waals surface area contributed by atoms with Gasteiger partial charge in [0.1, 0.15) is 0 Å². The van der Waals surface area contributed by atoms with Crippen molar-refractivity contribution in [3.05, 3.63) is 71.6 Å². The van der Waals surface area contributed by atoms with Crippen LogP contribution in [-0.4, -0.2) is 17.6 Å². The molecule has 1 aromatic heterocycles. The predicted molar refractivity (Wildman–Crippen MR) is 113 cm³/mol. The molecule has 0 saturated heterocycles. The highest BCUT2D eigenvalue weighted by Crippen LogP contribution is 2.31. The van der Waals surface area contributed by atoms with E-state index in [0.29, 0.717) is 13.1 Å². The molecular formula is C23H21NO2S. The molecule has 4 aromatic rings. The van der Waals surface area contributed by atoms with Crippen LogP contribution in [0, 0.1) is 5.92 Å². The lowest BCUT2D eigenvalue weighted by Crippen LogP contribution is -2.25. The van der Waals surface area contributed by atoms with E-state index in [4.69, 9.17) is 5.11 Å². The van der Waals surface area contributed by atoms with E-state index in [-0.39, 0.29) is 5.92 Å². The standard InChI is InChI=1S/C23H21NO2S/c1-15(23(25)26)13-24-14-21-12-20-11-19(8-9-22(20)27-21)18-7-6-16-4-2-3-5-17(16)10-18/h2-12,15,24H,13-14H2,1H3,(H,25,26). The van der Waals surface area contributed by atoms with E-state index in [2.05, 4.69) is 72.0 Å². The van der Waals surface area contributed by atoms with E-state index < -0.39 is 5.97 Å². The number of fused-ring (bicyclic) bond motifs is 2. The normalized spacial score (nSPS) is 12.5. The zero-order chi connectivity index (χ0) is 18.8. The fourth-order valence-electron chi connectivity index (χ4n) is 3.23. The minimum Gasteiger partial charge on any atom is -0.481 e. The molecule has 136 valence electrons. The van der Waals surface area contributed by atoms with Crippen LogP contribution in [0.5, 0.6) is 0 Å². The van der Waals surface area contributed by atoms with E-state index in [0.717, 1.165) is 0 Å². The first-order valence-corrected chi connectivity index (χ1v) is 9.87. The lowest BCUT2D eigenvalue weighted by atomic mass is 10.0. The van der Waals surface area contributed by atoms with Crippen LogP contribution in [0.25, 0.3) is 32.0 Å². The number of carboxylic acid groups (broad SMARTS) is 1. The minimum absolute atomic E-state index is 0.376. The zero-order valence-electron chi connectivity index (χ0n) is 15.1. The first kappa shape index (κ1) is 17.7. The number of thiophene rings is 1. The number of hydrogen-bond donors (Lipinski definition) is 2. The monoisotopic (exact) mass is 375 g/mol. The predicted octanol–water partition coefficient (Wildman–Crippen LogP) is 5.53. The van der Waals surface area contributed by atoms with Gasteiger partial charge in [-0.25, -0.2) is 0 Å². The van der Waals surface area contributed by atoms with Crippen molar-refractivity contribution in [2.45, 2.75) is 13.5 Å². The fourth-order valence-corrected chi connectivity index (χ4v) is 4.25. The summed E-state index contributed by atoms with van der Waals surface area (Å²) in [7, 11) is 0. The molecule has 0 saturated carbocycles. The molecule has 3 nitrogen and oxygen atoms in total. The highest BCUT2D eigenvalue weighted by atomic mass is 32.1. The van der Waals surface area contributed by atoms with Gasteiger partial charge in [-0.3, -0.25) is 4.79 Å². The number of hydrogen-bond acceptors (Lipinski definition) is 3. The third kappa shape index (κ3) is 3.87. The molecule has 4 heteroatoms. The van der Waals surface area contributed by atoms with Crippen LogP contribution in [0.3, 0.4) is 0 Å². The Morgan fingerprint density at radius 2 is 1.67 bits per heavy atom. The maximum Gasteiger partial charge on any atom is 0.307 e. The molecular weight excluding hydrogens is 354 g/mol. The summed E-state index contributed by atoms with van der Waals surface area (Å²) in [5.41, 5.74) is 2.43. The largest absolute Gasteiger partial charge is 0.481 e. The van der Waals surface area contributed by atoms with Gasteiger partial charge in [-0.2, -0.15) is 0 Å². The summed E-state index contributed by atoms with van der Waals surface area (Å²) in [6.45, 7) is 2.89. The van der Waals surface area contributed by atoms with Gasteiger partial charge in [0, 0.05) is 22.7 Å². The maximum atomic E-state index is 10.9. The molecule has 1 unspecified atom stereocenters. The maximum absolute atomic E-state index is 10.9. The Balaban J connectivity index is 1.55. The fraction of sp³-hybridized carbons (Fsp3) is 0.174. The summed E-state index contributed by atoms with van der Waals surface area (Å²) in [5.74, 6) is -1.14. The summed E-state index contributed by atoms with van der Waals surface area (Å²) in [6, 6.07) is 23.8. The van der Waals surface area contributed by atoms with Gasteiger partial charge >= 0.3 is 5.97 Å². The second-order valence-electron chi connectivity index (χ2n) is 6.90. The molecule has 0 spiro atoms. The highest BCUT2D eigenvalue weighted by molar-refractivity contribution is 7.19. The summed E-state index contributed by atoms with van der Waals surface area (Å²) in [5, 5.41) is 15.9. The molecule has 0 aliphatic rings. The lowest BCUT2D eigenvalue weighted by molar-refractivity contribution is -0.140. The van der Waals surface area contributed by atoms with Crippen LogP contribution in [0.2, 0.25) is 0 Å². The Hall–Kier alpha value is -2.69. The molecule has 0 bridgehead atoms. The molecule has 0 aliphatic carbocycles. The van der Waals surface area contributed by atoms with E-state index in [1.807, 2.05) is 0 Å². The van der Waals surface area contributed by atoms with E-state index in [1.165, 1.54) is 36.9 Å². The zero-order valence-corrected chi connectivity index (χ0v) is 15.9. The van der Waals surface area contributed by atoms with Crippen molar-refractivity contribution in [2.75, 3.05) is 6.54 Å². The average molecular weight is 375 g/mol. The van der Waals surface area contributed by atoms with Crippen LogP contribution < -0.4 is 5.32 Å². The molecule has 1 heterocycles. The number of carbonyl (C=O) groups is 1. The van der Waals surface area contributed by atoms with Crippen LogP contribution in [0.1, 0.15) is 11.8 Å². The molecule has 0 amide bonds. The SMILES string of the molecule is CC(CNCc1cc2cc(-c3ccc4ccccc4c3)ccc2s1)C(=O)O. The third-order valence-electron chi connectivity index (χ3n) is 4.82. The van der Waals surface area contributed by atoms with Crippen molar-refractivity contribution >= 4 is 38.2 Å². The Bertz CT molecular complexity index is 1120. The Kier molecular flexibility index (Phi) is 4.92. The van der Waals surface area contributed by atoms with Gasteiger partial charge in [0.2, 0.25) is 0 Å². The molecule has 0 aliphatic heterocycles. The molecule has 27 heavy (non-hydrogen) atoms. The lowest BCUT2D eigenvalue weighted by Gasteiger charge is -2.06. The van der Waals surface area contributed by atoms with Gasteiger partial charge < -0.3 is 10.4 Å². The van der Waals surface area contributed by atoms with Crippen LogP contribution in [0.4, 0.5) is 0 Å². The van der Waals surface area contributed by atoms with Crippen LogP contribution in [0.15, 0.2) is 66.7 Å². The number of carboxylic acids is 1. The summed E-state index contributed by atoms with van der Waals surface area (Å²) in [6.07, 6.45) is 0. The number of nitrogens with one attached hydrogen (secondary N) is 1.